The summed E-state index contributed by atoms with van der Waals surface area (Å²) in [7, 11) is 0. The van der Waals surface area contributed by atoms with Crippen molar-refractivity contribution < 1.29 is 0 Å². The molecule has 0 bridgehead atoms. The van der Waals surface area contributed by atoms with Gasteiger partial charge in [-0.05, 0) is 18.6 Å². The second kappa shape index (κ2) is 3.64. The summed E-state index contributed by atoms with van der Waals surface area (Å²) in [6.45, 7) is 2.11. The number of nitriles is 1. The highest BCUT2D eigenvalue weighted by Gasteiger charge is 2.10. The molecule has 0 aliphatic carbocycles. The first-order chi connectivity index (χ1) is 6.77. The van der Waals surface area contributed by atoms with Crippen LogP contribution in [0.4, 0.5) is 0 Å². The first-order valence-electron chi connectivity index (χ1n) is 4.41. The van der Waals surface area contributed by atoms with Gasteiger partial charge in [-0.3, -0.25) is 0 Å². The molecule has 0 spiro atoms. The molecule has 0 radical (unpaired) electrons. The predicted molar refractivity (Wildman–Crippen MR) is 63.2 cm³/mol. The van der Waals surface area contributed by atoms with Gasteiger partial charge in [-0.1, -0.05) is 13.0 Å². The van der Waals surface area contributed by atoms with Crippen molar-refractivity contribution in [1.29, 1.82) is 5.26 Å². The maximum absolute atomic E-state index is 8.96. The predicted octanol–water partition coefficient (Wildman–Crippen LogP) is 3.62. The molecule has 70 valence electrons. The van der Waals surface area contributed by atoms with Gasteiger partial charge in [0.1, 0.15) is 0 Å². The Hall–Kier alpha value is -0.980. The zero-order valence-corrected chi connectivity index (χ0v) is 9.45. The largest absolute Gasteiger partial charge is 0.192 e. The lowest BCUT2D eigenvalue weighted by molar-refractivity contribution is 1.15. The average Bonchev–Trinajstić information content (AvgIpc) is 2.55. The van der Waals surface area contributed by atoms with E-state index in [2.05, 4.69) is 25.6 Å². The van der Waals surface area contributed by atoms with Crippen molar-refractivity contribution in [2.75, 3.05) is 0 Å². The number of aryl methyl sites for hydroxylation is 1. The molecule has 3 heteroatoms. The fourth-order valence-electron chi connectivity index (χ4n) is 1.51. The number of hydrogen-bond acceptors (Lipinski definition) is 3. The van der Waals surface area contributed by atoms with Gasteiger partial charge >= 0.3 is 0 Å². The van der Waals surface area contributed by atoms with Crippen molar-refractivity contribution in [3.05, 3.63) is 28.6 Å². The summed E-state index contributed by atoms with van der Waals surface area (Å²) < 4.78 is 1.16. The molecule has 0 fully saturated rings. The second-order valence-corrected chi connectivity index (χ2v) is 4.60. The summed E-state index contributed by atoms with van der Waals surface area (Å²) in [6.07, 6.45) is 0.975. The Kier molecular flexibility index (Phi) is 2.49. The minimum Gasteiger partial charge on any atom is -0.192 e. The van der Waals surface area contributed by atoms with E-state index < -0.39 is 0 Å². The maximum Gasteiger partial charge on any atom is 0.0998 e. The third-order valence-corrected chi connectivity index (χ3v) is 4.15. The molecule has 1 aromatic heterocycles. The summed E-state index contributed by atoms with van der Waals surface area (Å²) in [5, 5.41) is 9.98. The molecule has 2 rings (SSSR count). The lowest BCUT2D eigenvalue weighted by Gasteiger charge is -1.94. The van der Waals surface area contributed by atoms with Crippen LogP contribution >= 0.6 is 24.0 Å². The first-order valence-corrected chi connectivity index (χ1v) is 5.67. The van der Waals surface area contributed by atoms with E-state index in [9.17, 15) is 0 Å². The van der Waals surface area contributed by atoms with Crippen molar-refractivity contribution >= 4 is 34.1 Å². The van der Waals surface area contributed by atoms with Crippen molar-refractivity contribution in [2.45, 2.75) is 18.2 Å². The van der Waals surface area contributed by atoms with E-state index in [-0.39, 0.29) is 0 Å². The first kappa shape index (κ1) is 9.57. The van der Waals surface area contributed by atoms with Gasteiger partial charge < -0.3 is 0 Å². The van der Waals surface area contributed by atoms with Crippen LogP contribution in [0.5, 0.6) is 0 Å². The van der Waals surface area contributed by atoms with Crippen LogP contribution in [-0.4, -0.2) is 0 Å². The van der Waals surface area contributed by atoms with E-state index >= 15 is 0 Å². The van der Waals surface area contributed by atoms with Crippen LogP contribution in [0.2, 0.25) is 0 Å². The molecular weight excluding hydrogens is 210 g/mol. The van der Waals surface area contributed by atoms with Crippen molar-refractivity contribution in [1.82, 2.24) is 0 Å². The van der Waals surface area contributed by atoms with Crippen LogP contribution in [0.1, 0.15) is 17.4 Å². The third kappa shape index (κ3) is 1.31. The Morgan fingerprint density at radius 1 is 1.50 bits per heavy atom. The Morgan fingerprint density at radius 2 is 2.29 bits per heavy atom. The lowest BCUT2D eigenvalue weighted by Crippen LogP contribution is -1.77. The monoisotopic (exact) mass is 219 g/mol. The molecule has 0 aliphatic rings. The van der Waals surface area contributed by atoms with E-state index in [0.717, 1.165) is 27.0 Å². The standard InChI is InChI=1S/C11H9NS2/c1-2-8-11(13)10-7(6-12)4-3-5-9(10)14-8/h3-5,13H,2H2,1H3. The van der Waals surface area contributed by atoms with Crippen LogP contribution in [0.25, 0.3) is 10.1 Å². The number of nitrogens with zero attached hydrogens (tertiary/aromatic N) is 1. The van der Waals surface area contributed by atoms with Crippen molar-refractivity contribution in [3.63, 3.8) is 0 Å². The molecule has 0 unspecified atom stereocenters. The highest BCUT2D eigenvalue weighted by atomic mass is 32.1. The number of thiol groups is 1. The summed E-state index contributed by atoms with van der Waals surface area (Å²) >= 11 is 6.20. The van der Waals surface area contributed by atoms with Crippen LogP contribution < -0.4 is 0 Å². The van der Waals surface area contributed by atoms with E-state index in [4.69, 9.17) is 5.26 Å². The smallest absolute Gasteiger partial charge is 0.0998 e. The number of benzene rings is 1. The number of fused-ring (bicyclic) bond motifs is 1. The molecule has 1 aromatic carbocycles. The zero-order chi connectivity index (χ0) is 10.1. The molecule has 0 saturated heterocycles. The molecule has 0 saturated carbocycles. The highest BCUT2D eigenvalue weighted by molar-refractivity contribution is 7.80. The van der Waals surface area contributed by atoms with Gasteiger partial charge in [0.05, 0.1) is 11.6 Å². The molecule has 14 heavy (non-hydrogen) atoms. The number of thiophene rings is 1. The van der Waals surface area contributed by atoms with Gasteiger partial charge in [-0.25, -0.2) is 0 Å². The maximum atomic E-state index is 8.96. The fourth-order valence-corrected chi connectivity index (χ4v) is 3.19. The molecule has 0 aliphatic heterocycles. The third-order valence-electron chi connectivity index (χ3n) is 2.20. The quantitative estimate of drug-likeness (QED) is 0.728. The lowest BCUT2D eigenvalue weighted by atomic mass is 10.1. The summed E-state index contributed by atoms with van der Waals surface area (Å²) in [6, 6.07) is 8.01. The van der Waals surface area contributed by atoms with E-state index in [1.165, 1.54) is 4.88 Å². The van der Waals surface area contributed by atoms with E-state index in [0.29, 0.717) is 0 Å². The normalized spacial score (nSPS) is 10.4. The molecule has 0 atom stereocenters. The van der Waals surface area contributed by atoms with Gasteiger partial charge in [0, 0.05) is 19.9 Å². The minimum atomic E-state index is 0.725. The van der Waals surface area contributed by atoms with Gasteiger partial charge in [-0.15, -0.1) is 24.0 Å². The van der Waals surface area contributed by atoms with Crippen LogP contribution in [-0.2, 0) is 6.42 Å². The van der Waals surface area contributed by atoms with Gasteiger partial charge in [0.2, 0.25) is 0 Å². The van der Waals surface area contributed by atoms with E-state index in [1.807, 2.05) is 18.2 Å². The van der Waals surface area contributed by atoms with Crippen molar-refractivity contribution in [2.24, 2.45) is 0 Å². The number of rotatable bonds is 1. The van der Waals surface area contributed by atoms with Crippen molar-refractivity contribution in [3.8, 4) is 6.07 Å². The average molecular weight is 219 g/mol. The molecule has 0 amide bonds. The fraction of sp³-hybridized carbons (Fsp3) is 0.182. The molecule has 0 N–H and O–H groups in total. The Morgan fingerprint density at radius 3 is 2.93 bits per heavy atom. The highest BCUT2D eigenvalue weighted by Crippen LogP contribution is 2.36. The van der Waals surface area contributed by atoms with Gasteiger partial charge in [-0.2, -0.15) is 5.26 Å². The molecule has 1 heterocycles. The molecule has 1 nitrogen and oxygen atoms in total. The van der Waals surface area contributed by atoms with Crippen LogP contribution in [0.15, 0.2) is 23.1 Å². The van der Waals surface area contributed by atoms with Crippen LogP contribution in [0, 0.1) is 11.3 Å². The summed E-state index contributed by atoms with van der Waals surface area (Å²) in [5.74, 6) is 0. The Balaban J connectivity index is 2.87. The van der Waals surface area contributed by atoms with Gasteiger partial charge in [0.15, 0.2) is 0 Å². The second-order valence-electron chi connectivity index (χ2n) is 3.02. The SMILES string of the molecule is CCc1sc2cccc(C#N)c2c1S. The minimum absolute atomic E-state index is 0.725. The summed E-state index contributed by atoms with van der Waals surface area (Å²) in [4.78, 5) is 2.23. The Labute approximate surface area is 92.4 Å². The number of hydrogen-bond donors (Lipinski definition) is 1. The molecular formula is C11H9NS2. The zero-order valence-electron chi connectivity index (χ0n) is 7.74. The van der Waals surface area contributed by atoms with E-state index in [1.54, 1.807) is 11.3 Å². The summed E-state index contributed by atoms with van der Waals surface area (Å²) in [5.41, 5.74) is 0.725. The Bertz CT molecular complexity index is 520. The van der Waals surface area contributed by atoms with Gasteiger partial charge in [0.25, 0.3) is 0 Å². The molecule has 2 aromatic rings. The van der Waals surface area contributed by atoms with Crippen LogP contribution in [0.3, 0.4) is 0 Å². The topological polar surface area (TPSA) is 23.8 Å².